The molecule has 7 nitrogen and oxygen atoms in total. The highest BCUT2D eigenvalue weighted by atomic mass is 127. The van der Waals surface area contributed by atoms with Crippen molar-refractivity contribution in [3.63, 3.8) is 0 Å². The molecular formula is C20H29FIN7. The van der Waals surface area contributed by atoms with Crippen LogP contribution in [-0.4, -0.2) is 46.4 Å². The van der Waals surface area contributed by atoms with E-state index in [9.17, 15) is 4.39 Å². The summed E-state index contributed by atoms with van der Waals surface area (Å²) in [5.74, 6) is 2.17. The van der Waals surface area contributed by atoms with Crippen LogP contribution in [0, 0.1) is 12.7 Å². The fraction of sp³-hybridized carbons (Fsp3) is 0.450. The second-order valence-electron chi connectivity index (χ2n) is 6.97. The maximum Gasteiger partial charge on any atom is 0.192 e. The van der Waals surface area contributed by atoms with Crippen molar-refractivity contribution in [1.29, 1.82) is 0 Å². The molecule has 1 aromatic carbocycles. The van der Waals surface area contributed by atoms with Crippen LogP contribution in [0.1, 0.15) is 24.5 Å². The smallest absolute Gasteiger partial charge is 0.192 e. The van der Waals surface area contributed by atoms with Gasteiger partial charge in [-0.1, -0.05) is 12.1 Å². The van der Waals surface area contributed by atoms with Crippen LogP contribution in [0.2, 0.25) is 0 Å². The number of piperidine rings is 1. The van der Waals surface area contributed by atoms with Gasteiger partial charge in [0.25, 0.3) is 0 Å². The lowest BCUT2D eigenvalue weighted by Gasteiger charge is -2.35. The maximum absolute atomic E-state index is 13.6. The Hall–Kier alpha value is -2.17. The molecule has 1 atom stereocenters. The predicted molar refractivity (Wildman–Crippen MR) is 125 cm³/mol. The first-order valence-electron chi connectivity index (χ1n) is 9.58. The first-order chi connectivity index (χ1) is 13.6. The summed E-state index contributed by atoms with van der Waals surface area (Å²) in [6.07, 6.45) is 3.86. The van der Waals surface area contributed by atoms with Gasteiger partial charge >= 0.3 is 0 Å². The fourth-order valence-electron chi connectivity index (χ4n) is 3.26. The van der Waals surface area contributed by atoms with Crippen molar-refractivity contribution in [2.24, 2.45) is 12.0 Å². The van der Waals surface area contributed by atoms with Gasteiger partial charge in [-0.05, 0) is 38.0 Å². The molecule has 1 aromatic heterocycles. The number of nitrogens with zero attached hydrogens (tertiary/aromatic N) is 5. The van der Waals surface area contributed by atoms with E-state index in [0.717, 1.165) is 43.3 Å². The summed E-state index contributed by atoms with van der Waals surface area (Å²) in [7, 11) is 1.93. The van der Waals surface area contributed by atoms with Crippen LogP contribution in [0.3, 0.4) is 0 Å². The van der Waals surface area contributed by atoms with Crippen LogP contribution < -0.4 is 15.5 Å². The van der Waals surface area contributed by atoms with Crippen molar-refractivity contribution in [2.75, 3.05) is 24.5 Å². The lowest BCUT2D eigenvalue weighted by molar-refractivity contribution is 0.467. The van der Waals surface area contributed by atoms with Crippen LogP contribution in [0.5, 0.6) is 0 Å². The molecule has 2 heterocycles. The Morgan fingerprint density at radius 1 is 1.41 bits per heavy atom. The number of halogens is 2. The minimum absolute atomic E-state index is 0. The lowest BCUT2D eigenvalue weighted by Crippen LogP contribution is -2.51. The minimum Gasteiger partial charge on any atom is -0.369 e. The monoisotopic (exact) mass is 513 g/mol. The van der Waals surface area contributed by atoms with Crippen LogP contribution in [0.15, 0.2) is 41.9 Å². The zero-order valence-electron chi connectivity index (χ0n) is 16.9. The molecule has 1 aliphatic heterocycles. The zero-order valence-corrected chi connectivity index (χ0v) is 19.3. The zero-order chi connectivity index (χ0) is 19.9. The quantitative estimate of drug-likeness (QED) is 0.269. The van der Waals surface area contributed by atoms with Gasteiger partial charge in [0, 0.05) is 38.4 Å². The van der Waals surface area contributed by atoms with E-state index < -0.39 is 0 Å². The van der Waals surface area contributed by atoms with Crippen molar-refractivity contribution in [1.82, 2.24) is 25.4 Å². The van der Waals surface area contributed by atoms with Gasteiger partial charge in [-0.2, -0.15) is 0 Å². The Labute approximate surface area is 188 Å². The molecule has 3 rings (SSSR count). The van der Waals surface area contributed by atoms with Crippen molar-refractivity contribution < 1.29 is 4.39 Å². The van der Waals surface area contributed by atoms with Gasteiger partial charge in [0.1, 0.15) is 18.2 Å². The highest BCUT2D eigenvalue weighted by Crippen LogP contribution is 2.20. The Bertz CT molecular complexity index is 836. The average molecular weight is 513 g/mol. The van der Waals surface area contributed by atoms with Gasteiger partial charge in [0.05, 0.1) is 0 Å². The van der Waals surface area contributed by atoms with E-state index in [1.165, 1.54) is 6.07 Å². The SMILES string of the molecule is C=CCNC(=NCc1nnc(C)n1C)NC1CCCN(c2cccc(F)c2)C1.I. The number of hydrogen-bond donors (Lipinski definition) is 2. The third kappa shape index (κ3) is 6.41. The Morgan fingerprint density at radius 3 is 2.93 bits per heavy atom. The molecule has 1 saturated heterocycles. The third-order valence-electron chi connectivity index (χ3n) is 4.91. The van der Waals surface area contributed by atoms with E-state index >= 15 is 0 Å². The Balaban J connectivity index is 0.00000300. The molecule has 29 heavy (non-hydrogen) atoms. The third-order valence-corrected chi connectivity index (χ3v) is 4.91. The minimum atomic E-state index is -0.207. The Kier molecular flexibility index (Phi) is 8.87. The number of aromatic nitrogens is 3. The average Bonchev–Trinajstić information content (AvgIpc) is 3.02. The summed E-state index contributed by atoms with van der Waals surface area (Å²) in [6, 6.07) is 6.98. The number of rotatable bonds is 6. The van der Waals surface area contributed by atoms with Gasteiger partial charge in [0.15, 0.2) is 11.8 Å². The largest absolute Gasteiger partial charge is 0.369 e. The lowest BCUT2D eigenvalue weighted by atomic mass is 10.0. The van der Waals surface area contributed by atoms with E-state index in [0.29, 0.717) is 19.0 Å². The van der Waals surface area contributed by atoms with E-state index in [4.69, 9.17) is 0 Å². The first kappa shape index (κ1) is 23.1. The fourth-order valence-corrected chi connectivity index (χ4v) is 3.26. The standard InChI is InChI=1S/C20H28FN7.HI/c1-4-10-22-20(23-13-19-26-25-15(2)27(19)3)24-17-8-6-11-28(14-17)18-9-5-7-16(21)12-18;/h4-5,7,9,12,17H,1,6,8,10-11,13-14H2,2-3H3,(H2,22,23,24);1H. The van der Waals surface area contributed by atoms with Crippen molar-refractivity contribution in [3.05, 3.63) is 54.4 Å². The van der Waals surface area contributed by atoms with Gasteiger partial charge < -0.3 is 20.1 Å². The summed E-state index contributed by atoms with van der Waals surface area (Å²) in [6.45, 7) is 8.44. The number of nitrogens with one attached hydrogen (secondary N) is 2. The molecule has 1 aliphatic rings. The molecule has 0 radical (unpaired) electrons. The number of anilines is 1. The number of benzene rings is 1. The van der Waals surface area contributed by atoms with Crippen LogP contribution in [0.25, 0.3) is 0 Å². The van der Waals surface area contributed by atoms with E-state index in [1.54, 1.807) is 18.2 Å². The molecule has 2 aromatic rings. The summed E-state index contributed by atoms with van der Waals surface area (Å²) < 4.78 is 15.5. The van der Waals surface area contributed by atoms with Gasteiger partial charge in [0.2, 0.25) is 0 Å². The molecule has 2 N–H and O–H groups in total. The van der Waals surface area contributed by atoms with E-state index in [-0.39, 0.29) is 35.8 Å². The topological polar surface area (TPSA) is 70.4 Å². The summed E-state index contributed by atoms with van der Waals surface area (Å²) in [4.78, 5) is 6.87. The molecule has 0 saturated carbocycles. The molecule has 9 heteroatoms. The molecule has 1 unspecified atom stereocenters. The Morgan fingerprint density at radius 2 is 2.24 bits per heavy atom. The molecule has 158 valence electrons. The molecule has 1 fully saturated rings. The van der Waals surface area contributed by atoms with E-state index in [1.807, 2.05) is 24.6 Å². The molecule has 0 spiro atoms. The van der Waals surface area contributed by atoms with Gasteiger partial charge in [-0.3, -0.25) is 0 Å². The second kappa shape index (κ2) is 11.1. The van der Waals surface area contributed by atoms with Crippen LogP contribution in [-0.2, 0) is 13.6 Å². The normalized spacial score (nSPS) is 16.9. The van der Waals surface area contributed by atoms with Gasteiger partial charge in [-0.15, -0.1) is 40.8 Å². The number of aliphatic imine (C=N–C) groups is 1. The van der Waals surface area contributed by atoms with Crippen molar-refractivity contribution in [2.45, 2.75) is 32.4 Å². The van der Waals surface area contributed by atoms with Gasteiger partial charge in [-0.25, -0.2) is 9.38 Å². The van der Waals surface area contributed by atoms with Crippen LogP contribution in [0.4, 0.5) is 10.1 Å². The number of guanidine groups is 1. The molecule has 0 aliphatic carbocycles. The number of aryl methyl sites for hydroxylation is 1. The first-order valence-corrected chi connectivity index (χ1v) is 9.58. The summed E-state index contributed by atoms with van der Waals surface area (Å²) >= 11 is 0. The summed E-state index contributed by atoms with van der Waals surface area (Å²) in [5.41, 5.74) is 0.915. The molecule has 0 bridgehead atoms. The predicted octanol–water partition coefficient (Wildman–Crippen LogP) is 2.77. The highest BCUT2D eigenvalue weighted by molar-refractivity contribution is 14.0. The van der Waals surface area contributed by atoms with E-state index in [2.05, 4.69) is 37.3 Å². The summed E-state index contributed by atoms with van der Waals surface area (Å²) in [5, 5.41) is 15.0. The maximum atomic E-state index is 13.6. The molecular weight excluding hydrogens is 484 g/mol. The number of hydrogen-bond acceptors (Lipinski definition) is 4. The highest BCUT2D eigenvalue weighted by Gasteiger charge is 2.21. The van der Waals surface area contributed by atoms with Crippen molar-refractivity contribution in [3.8, 4) is 0 Å². The molecule has 0 amide bonds. The van der Waals surface area contributed by atoms with Crippen LogP contribution >= 0.6 is 24.0 Å². The second-order valence-corrected chi connectivity index (χ2v) is 6.97. The van der Waals surface area contributed by atoms with Crippen molar-refractivity contribution >= 4 is 35.6 Å².